The van der Waals surface area contributed by atoms with Crippen LogP contribution in [0.25, 0.3) is 0 Å². The summed E-state index contributed by atoms with van der Waals surface area (Å²) in [5.41, 5.74) is 0.464. The third-order valence-corrected chi connectivity index (χ3v) is 4.33. The number of likely N-dealkylation sites (tertiary alicyclic amines) is 1. The van der Waals surface area contributed by atoms with Gasteiger partial charge in [0.15, 0.2) is 5.82 Å². The van der Waals surface area contributed by atoms with Gasteiger partial charge in [-0.15, -0.1) is 0 Å². The van der Waals surface area contributed by atoms with Crippen LogP contribution < -0.4 is 10.6 Å². The molecule has 0 atom stereocenters. The molecular formula is C21H35N7O2. The first-order valence-corrected chi connectivity index (χ1v) is 10.4. The van der Waals surface area contributed by atoms with Gasteiger partial charge in [0.1, 0.15) is 17.3 Å². The number of carbonyl (C=O) groups excluding carboxylic acids is 1. The van der Waals surface area contributed by atoms with Crippen molar-refractivity contribution in [2.75, 3.05) is 18.4 Å². The van der Waals surface area contributed by atoms with E-state index in [1.54, 1.807) is 0 Å². The van der Waals surface area contributed by atoms with E-state index in [0.29, 0.717) is 11.7 Å². The molecule has 0 bridgehead atoms. The Morgan fingerprint density at radius 1 is 1.40 bits per heavy atom. The Morgan fingerprint density at radius 2 is 2.07 bits per heavy atom. The minimum absolute atomic E-state index is 0.0797. The number of aromatic amines is 1. The Balaban J connectivity index is 2.01. The maximum Gasteiger partial charge on any atom is 0.407 e. The van der Waals surface area contributed by atoms with Crippen LogP contribution >= 0.6 is 0 Å². The number of H-pyrrole nitrogens is 1. The summed E-state index contributed by atoms with van der Waals surface area (Å²) in [4.78, 5) is 23.0. The summed E-state index contributed by atoms with van der Waals surface area (Å²) < 4.78 is 5.35. The lowest BCUT2D eigenvalue weighted by Crippen LogP contribution is -2.45. The number of hydrogen-bond donors (Lipinski definition) is 3. The predicted octanol–water partition coefficient (Wildman–Crippen LogP) is 3.47. The smallest absolute Gasteiger partial charge is 0.407 e. The maximum atomic E-state index is 12.0. The summed E-state index contributed by atoms with van der Waals surface area (Å²) in [6.45, 7) is 16.8. The molecule has 30 heavy (non-hydrogen) atoms. The lowest BCUT2D eigenvalue weighted by molar-refractivity contribution is 0.0484. The molecule has 0 aliphatic carbocycles. The topological polar surface area (TPSA) is 107 Å². The van der Waals surface area contributed by atoms with Crippen LogP contribution in [0, 0.1) is 6.92 Å². The number of aryl methyl sites for hydroxylation is 1. The number of rotatable bonds is 6. The van der Waals surface area contributed by atoms with Gasteiger partial charge in [0.2, 0.25) is 0 Å². The van der Waals surface area contributed by atoms with Crippen LogP contribution in [0.5, 0.6) is 0 Å². The molecule has 1 aromatic heterocycles. The number of amidine groups is 1. The second-order valence-corrected chi connectivity index (χ2v) is 8.74. The van der Waals surface area contributed by atoms with Crippen LogP contribution in [-0.4, -0.2) is 64.5 Å². The van der Waals surface area contributed by atoms with E-state index in [-0.39, 0.29) is 18.2 Å². The van der Waals surface area contributed by atoms with Crippen molar-refractivity contribution >= 4 is 24.5 Å². The number of hydrogen-bond acceptors (Lipinski definition) is 6. The van der Waals surface area contributed by atoms with Gasteiger partial charge >= 0.3 is 6.09 Å². The van der Waals surface area contributed by atoms with Gasteiger partial charge < -0.3 is 20.3 Å². The SMILES string of the molecule is C=N/C(=C\C(=NC(C)C)Nc1cc(C)[nH]n1)N1CCC(NC(=O)OC(C)(C)C)CC1. The molecule has 1 amide bonds. The normalized spacial score (nSPS) is 16.6. The third kappa shape index (κ3) is 7.88. The van der Waals surface area contributed by atoms with E-state index in [4.69, 9.17) is 4.74 Å². The molecule has 0 aromatic carbocycles. The molecule has 166 valence electrons. The van der Waals surface area contributed by atoms with E-state index >= 15 is 0 Å². The van der Waals surface area contributed by atoms with Crippen molar-refractivity contribution in [1.29, 1.82) is 0 Å². The highest BCUT2D eigenvalue weighted by molar-refractivity contribution is 6.03. The first-order valence-electron chi connectivity index (χ1n) is 10.4. The summed E-state index contributed by atoms with van der Waals surface area (Å²) >= 11 is 0. The molecular weight excluding hydrogens is 382 g/mol. The van der Waals surface area contributed by atoms with Crippen molar-refractivity contribution in [3.05, 3.63) is 23.7 Å². The van der Waals surface area contributed by atoms with Gasteiger partial charge in [0.25, 0.3) is 0 Å². The van der Waals surface area contributed by atoms with Gasteiger partial charge in [0.05, 0.1) is 0 Å². The highest BCUT2D eigenvalue weighted by Crippen LogP contribution is 2.18. The van der Waals surface area contributed by atoms with Crippen molar-refractivity contribution in [2.24, 2.45) is 9.98 Å². The number of nitrogens with one attached hydrogen (secondary N) is 3. The zero-order valence-electron chi connectivity index (χ0n) is 19.0. The zero-order chi connectivity index (χ0) is 22.3. The average Bonchev–Trinajstić information content (AvgIpc) is 3.03. The van der Waals surface area contributed by atoms with E-state index in [9.17, 15) is 4.79 Å². The Labute approximate surface area is 179 Å². The number of aromatic nitrogens is 2. The van der Waals surface area contributed by atoms with Gasteiger partial charge in [-0.3, -0.25) is 10.1 Å². The van der Waals surface area contributed by atoms with Gasteiger partial charge in [-0.1, -0.05) is 0 Å². The predicted molar refractivity (Wildman–Crippen MR) is 121 cm³/mol. The van der Waals surface area contributed by atoms with Gasteiger partial charge in [-0.25, -0.2) is 9.79 Å². The third-order valence-electron chi connectivity index (χ3n) is 4.33. The summed E-state index contributed by atoms with van der Waals surface area (Å²) in [5.74, 6) is 2.12. The number of amides is 1. The van der Waals surface area contributed by atoms with Crippen LogP contribution in [0.15, 0.2) is 27.9 Å². The maximum absolute atomic E-state index is 12.0. The summed E-state index contributed by atoms with van der Waals surface area (Å²) in [5, 5.41) is 13.3. The standard InChI is InChI=1S/C21H35N7O2/c1-14(2)23-17(25-18-12-15(3)26-27-18)13-19(22-7)28-10-8-16(9-11-28)24-20(29)30-21(4,5)6/h12-14,16H,7-11H2,1-6H3,(H,24,29)(H2,23,25,26,27)/b19-13+. The molecule has 1 saturated heterocycles. The number of carbonyl (C=O) groups is 1. The Kier molecular flexibility index (Phi) is 8.02. The quantitative estimate of drug-likeness (QED) is 0.485. The molecule has 3 N–H and O–H groups in total. The van der Waals surface area contributed by atoms with Crippen LogP contribution in [-0.2, 0) is 4.74 Å². The number of nitrogens with zero attached hydrogens (tertiary/aromatic N) is 4. The van der Waals surface area contributed by atoms with Crippen molar-refractivity contribution in [1.82, 2.24) is 20.4 Å². The van der Waals surface area contributed by atoms with E-state index in [1.807, 2.05) is 53.7 Å². The summed E-state index contributed by atoms with van der Waals surface area (Å²) in [6.07, 6.45) is 3.12. The monoisotopic (exact) mass is 417 g/mol. The molecule has 1 aromatic rings. The number of piperidine rings is 1. The fourth-order valence-corrected chi connectivity index (χ4v) is 3.08. The van der Waals surface area contributed by atoms with Crippen LogP contribution in [0.1, 0.15) is 53.2 Å². The number of anilines is 1. The molecule has 1 fully saturated rings. The van der Waals surface area contributed by atoms with Crippen LogP contribution in [0.2, 0.25) is 0 Å². The zero-order valence-corrected chi connectivity index (χ0v) is 19.0. The average molecular weight is 418 g/mol. The van der Waals surface area contributed by atoms with Crippen LogP contribution in [0.3, 0.4) is 0 Å². The minimum Gasteiger partial charge on any atom is -0.444 e. The van der Waals surface area contributed by atoms with Crippen molar-refractivity contribution in [2.45, 2.75) is 72.1 Å². The number of ether oxygens (including phenoxy) is 1. The molecule has 0 radical (unpaired) electrons. The molecule has 9 nitrogen and oxygen atoms in total. The fourth-order valence-electron chi connectivity index (χ4n) is 3.08. The highest BCUT2D eigenvalue weighted by atomic mass is 16.6. The molecule has 0 unspecified atom stereocenters. The van der Waals surface area contributed by atoms with Crippen molar-refractivity contribution in [3.63, 3.8) is 0 Å². The first-order chi connectivity index (χ1) is 14.1. The minimum atomic E-state index is -0.501. The van der Waals surface area contributed by atoms with E-state index in [0.717, 1.165) is 37.4 Å². The highest BCUT2D eigenvalue weighted by Gasteiger charge is 2.24. The molecule has 1 aliphatic heterocycles. The van der Waals surface area contributed by atoms with Crippen molar-refractivity contribution < 1.29 is 9.53 Å². The van der Waals surface area contributed by atoms with Crippen molar-refractivity contribution in [3.8, 4) is 0 Å². The van der Waals surface area contributed by atoms with Gasteiger partial charge in [-0.05, 0) is 61.1 Å². The Bertz CT molecular complexity index is 782. The Hall–Kier alpha value is -2.84. The lowest BCUT2D eigenvalue weighted by Gasteiger charge is -2.34. The molecule has 2 rings (SSSR count). The second kappa shape index (κ2) is 10.3. The molecule has 9 heteroatoms. The van der Waals surface area contributed by atoms with Gasteiger partial charge in [-0.2, -0.15) is 5.10 Å². The molecule has 1 aliphatic rings. The molecule has 0 saturated carbocycles. The van der Waals surface area contributed by atoms with Crippen LogP contribution in [0.4, 0.5) is 10.6 Å². The first kappa shape index (κ1) is 23.4. The molecule has 0 spiro atoms. The summed E-state index contributed by atoms with van der Waals surface area (Å²) in [6, 6.07) is 2.10. The van der Waals surface area contributed by atoms with E-state index in [2.05, 4.69) is 42.4 Å². The van der Waals surface area contributed by atoms with E-state index < -0.39 is 5.60 Å². The Morgan fingerprint density at radius 3 is 2.57 bits per heavy atom. The number of aliphatic imine (C=N–C) groups is 2. The lowest BCUT2D eigenvalue weighted by atomic mass is 10.1. The summed E-state index contributed by atoms with van der Waals surface area (Å²) in [7, 11) is 0. The second-order valence-electron chi connectivity index (χ2n) is 8.74. The van der Waals surface area contributed by atoms with Gasteiger partial charge in [0, 0.05) is 43.0 Å². The fraction of sp³-hybridized carbons (Fsp3) is 0.619. The number of alkyl carbamates (subject to hydrolysis) is 1. The molecule has 2 heterocycles. The van der Waals surface area contributed by atoms with E-state index in [1.165, 1.54) is 0 Å². The largest absolute Gasteiger partial charge is 0.444 e.